The highest BCUT2D eigenvalue weighted by Crippen LogP contribution is 2.38. The second kappa shape index (κ2) is 7.79. The molecular weight excluding hydrogens is 344 g/mol. The Morgan fingerprint density at radius 1 is 1.11 bits per heavy atom. The van der Waals surface area contributed by atoms with E-state index in [2.05, 4.69) is 0 Å². The van der Waals surface area contributed by atoms with Crippen molar-refractivity contribution in [3.63, 3.8) is 0 Å². The molecular formula is C21H30N2O4. The number of carbonyl (C=O) groups excluding carboxylic acids is 2. The van der Waals surface area contributed by atoms with Gasteiger partial charge in [-0.2, -0.15) is 0 Å². The van der Waals surface area contributed by atoms with Crippen molar-refractivity contribution in [1.82, 2.24) is 9.80 Å². The summed E-state index contributed by atoms with van der Waals surface area (Å²) < 4.78 is 11.0. The number of ether oxygens (including phenoxy) is 2. The van der Waals surface area contributed by atoms with E-state index in [1.165, 1.54) is 0 Å². The number of hydrogen-bond donors (Lipinski definition) is 0. The molecule has 1 aromatic rings. The molecule has 2 heterocycles. The molecule has 3 atom stereocenters. The van der Waals surface area contributed by atoms with Gasteiger partial charge in [0.2, 0.25) is 0 Å². The summed E-state index contributed by atoms with van der Waals surface area (Å²) in [5.74, 6) is 0. The van der Waals surface area contributed by atoms with E-state index in [0.717, 1.165) is 31.2 Å². The van der Waals surface area contributed by atoms with Crippen molar-refractivity contribution in [2.45, 2.75) is 76.8 Å². The van der Waals surface area contributed by atoms with Crippen molar-refractivity contribution in [3.05, 3.63) is 35.9 Å². The summed E-state index contributed by atoms with van der Waals surface area (Å²) in [5, 5.41) is 0. The van der Waals surface area contributed by atoms with Crippen LogP contribution in [0.5, 0.6) is 0 Å². The van der Waals surface area contributed by atoms with Gasteiger partial charge in [0.05, 0.1) is 0 Å². The number of piperidine rings is 1. The van der Waals surface area contributed by atoms with Gasteiger partial charge in [0, 0.05) is 25.2 Å². The van der Waals surface area contributed by atoms with E-state index in [4.69, 9.17) is 9.47 Å². The van der Waals surface area contributed by atoms with Gasteiger partial charge in [-0.25, -0.2) is 9.59 Å². The van der Waals surface area contributed by atoms with Crippen molar-refractivity contribution in [2.24, 2.45) is 0 Å². The summed E-state index contributed by atoms with van der Waals surface area (Å²) in [4.78, 5) is 28.6. The van der Waals surface area contributed by atoms with Crippen LogP contribution in [0.4, 0.5) is 9.59 Å². The normalized spacial score (nSPS) is 24.4. The highest BCUT2D eigenvalue weighted by molar-refractivity contribution is 5.70. The molecule has 0 spiro atoms. The molecule has 1 aromatic carbocycles. The van der Waals surface area contributed by atoms with Crippen molar-refractivity contribution in [1.29, 1.82) is 0 Å². The average molecular weight is 374 g/mol. The van der Waals surface area contributed by atoms with E-state index in [0.29, 0.717) is 0 Å². The molecule has 6 nitrogen and oxygen atoms in total. The minimum absolute atomic E-state index is 0.0875. The predicted octanol–water partition coefficient (Wildman–Crippen LogP) is 4.19. The number of fused-ring (bicyclic) bond motifs is 2. The zero-order valence-corrected chi connectivity index (χ0v) is 16.7. The molecule has 3 rings (SSSR count). The fourth-order valence-corrected chi connectivity index (χ4v) is 4.05. The van der Waals surface area contributed by atoms with Crippen molar-refractivity contribution >= 4 is 12.2 Å². The molecule has 2 aliphatic rings. The average Bonchev–Trinajstić information content (AvgIpc) is 2.88. The summed E-state index contributed by atoms with van der Waals surface area (Å²) >= 11 is 0. The first kappa shape index (κ1) is 19.5. The minimum Gasteiger partial charge on any atom is -0.445 e. The molecule has 2 saturated heterocycles. The highest BCUT2D eigenvalue weighted by atomic mass is 16.6. The SMILES string of the molecule is CN(C(=O)OCc1ccccc1)[C@H]1CC2CC[C@@H](C1)N2C(=O)OC(C)(C)C. The van der Waals surface area contributed by atoms with Gasteiger partial charge in [0.15, 0.2) is 0 Å². The maximum Gasteiger partial charge on any atom is 0.410 e. The Morgan fingerprint density at radius 3 is 2.26 bits per heavy atom. The Hall–Kier alpha value is -2.24. The van der Waals surface area contributed by atoms with Crippen molar-refractivity contribution < 1.29 is 19.1 Å². The van der Waals surface area contributed by atoms with E-state index >= 15 is 0 Å². The van der Waals surface area contributed by atoms with Gasteiger partial charge in [-0.05, 0) is 52.0 Å². The topological polar surface area (TPSA) is 59.1 Å². The third-order valence-corrected chi connectivity index (χ3v) is 5.35. The van der Waals surface area contributed by atoms with Crippen LogP contribution in [0.25, 0.3) is 0 Å². The summed E-state index contributed by atoms with van der Waals surface area (Å²) in [6.45, 7) is 5.93. The fraction of sp³-hybridized carbons (Fsp3) is 0.619. The Balaban J connectivity index is 1.55. The lowest BCUT2D eigenvalue weighted by molar-refractivity contribution is -0.00250. The lowest BCUT2D eigenvalue weighted by Gasteiger charge is -2.42. The van der Waals surface area contributed by atoms with Gasteiger partial charge < -0.3 is 19.3 Å². The van der Waals surface area contributed by atoms with Crippen LogP contribution in [0, 0.1) is 0 Å². The lowest BCUT2D eigenvalue weighted by atomic mass is 9.97. The second-order valence-electron chi connectivity index (χ2n) is 8.55. The van der Waals surface area contributed by atoms with E-state index in [1.807, 2.05) is 56.0 Å². The van der Waals surface area contributed by atoms with Gasteiger partial charge in [-0.3, -0.25) is 0 Å². The standard InChI is InChI=1S/C21H30N2O4/c1-21(2,3)27-20(25)23-16-10-11-17(23)13-18(12-16)22(4)19(24)26-14-15-8-6-5-7-9-15/h5-9,16-18H,10-14H2,1-4H3/t16-,17?,18+/m0/s1. The van der Waals surface area contributed by atoms with Crippen LogP contribution < -0.4 is 0 Å². The lowest BCUT2D eigenvalue weighted by Crippen LogP contribution is -2.53. The van der Waals surface area contributed by atoms with Crippen LogP contribution in [-0.2, 0) is 16.1 Å². The third-order valence-electron chi connectivity index (χ3n) is 5.35. The van der Waals surface area contributed by atoms with Crippen molar-refractivity contribution in [3.8, 4) is 0 Å². The summed E-state index contributed by atoms with van der Waals surface area (Å²) in [7, 11) is 1.79. The largest absolute Gasteiger partial charge is 0.445 e. The second-order valence-corrected chi connectivity index (χ2v) is 8.55. The molecule has 1 unspecified atom stereocenters. The Kier molecular flexibility index (Phi) is 5.63. The molecule has 0 radical (unpaired) electrons. The van der Waals surface area contributed by atoms with Crippen LogP contribution in [0.1, 0.15) is 52.0 Å². The molecule has 0 aliphatic carbocycles. The van der Waals surface area contributed by atoms with E-state index in [1.54, 1.807) is 11.9 Å². The first-order chi connectivity index (χ1) is 12.7. The number of rotatable bonds is 3. The number of hydrogen-bond acceptors (Lipinski definition) is 4. The summed E-state index contributed by atoms with van der Waals surface area (Å²) in [6.07, 6.45) is 2.93. The zero-order chi connectivity index (χ0) is 19.6. The molecule has 0 N–H and O–H groups in total. The Morgan fingerprint density at radius 2 is 1.70 bits per heavy atom. The van der Waals surface area contributed by atoms with Crippen LogP contribution >= 0.6 is 0 Å². The predicted molar refractivity (Wildman–Crippen MR) is 102 cm³/mol. The van der Waals surface area contributed by atoms with Crippen LogP contribution in [0.15, 0.2) is 30.3 Å². The summed E-state index contributed by atoms with van der Waals surface area (Å²) in [5.41, 5.74) is 0.477. The zero-order valence-electron chi connectivity index (χ0n) is 16.7. The maximum atomic E-state index is 12.5. The minimum atomic E-state index is -0.495. The van der Waals surface area contributed by atoms with E-state index in [-0.39, 0.29) is 36.9 Å². The van der Waals surface area contributed by atoms with Gasteiger partial charge >= 0.3 is 12.2 Å². The van der Waals surface area contributed by atoms with Crippen LogP contribution in [0.3, 0.4) is 0 Å². The van der Waals surface area contributed by atoms with Gasteiger partial charge in [-0.15, -0.1) is 0 Å². The van der Waals surface area contributed by atoms with Crippen LogP contribution in [-0.4, -0.2) is 52.8 Å². The number of amides is 2. The van der Waals surface area contributed by atoms with Gasteiger partial charge in [-0.1, -0.05) is 30.3 Å². The molecule has 6 heteroatoms. The molecule has 148 valence electrons. The quantitative estimate of drug-likeness (QED) is 0.796. The maximum absolute atomic E-state index is 12.5. The molecule has 0 saturated carbocycles. The molecule has 2 fully saturated rings. The van der Waals surface area contributed by atoms with Gasteiger partial charge in [0.1, 0.15) is 12.2 Å². The first-order valence-corrected chi connectivity index (χ1v) is 9.69. The van der Waals surface area contributed by atoms with E-state index < -0.39 is 5.60 Å². The molecule has 2 bridgehead atoms. The van der Waals surface area contributed by atoms with Crippen LogP contribution in [0.2, 0.25) is 0 Å². The monoisotopic (exact) mass is 374 g/mol. The van der Waals surface area contributed by atoms with Gasteiger partial charge in [0.25, 0.3) is 0 Å². The fourth-order valence-electron chi connectivity index (χ4n) is 4.05. The highest BCUT2D eigenvalue weighted by Gasteiger charge is 2.46. The molecule has 27 heavy (non-hydrogen) atoms. The Labute approximate surface area is 161 Å². The molecule has 0 aromatic heterocycles. The number of carbonyl (C=O) groups is 2. The third kappa shape index (κ3) is 4.73. The number of benzene rings is 1. The molecule has 2 aliphatic heterocycles. The van der Waals surface area contributed by atoms with Crippen molar-refractivity contribution in [2.75, 3.05) is 7.05 Å². The first-order valence-electron chi connectivity index (χ1n) is 9.69. The van der Waals surface area contributed by atoms with E-state index in [9.17, 15) is 9.59 Å². The molecule has 2 amide bonds. The summed E-state index contributed by atoms with van der Waals surface area (Å²) in [6, 6.07) is 10.0. The Bertz CT molecular complexity index is 657. The number of nitrogens with zero attached hydrogens (tertiary/aromatic N) is 2. The smallest absolute Gasteiger partial charge is 0.410 e.